The van der Waals surface area contributed by atoms with Gasteiger partial charge in [0.15, 0.2) is 6.29 Å². The molecular weight excluding hydrogens is 238 g/mol. The lowest BCUT2D eigenvalue weighted by Gasteiger charge is -2.05. The highest BCUT2D eigenvalue weighted by Crippen LogP contribution is 2.20. The van der Waals surface area contributed by atoms with E-state index in [9.17, 15) is 4.79 Å². The average Bonchev–Trinajstić information content (AvgIpc) is 2.84. The smallest absolute Gasteiger partial charge is 0.161 e. The van der Waals surface area contributed by atoms with Gasteiger partial charge < -0.3 is 9.47 Å². The Hall–Kier alpha value is -1.88. The SMILES string of the molecule is COc1cccc(OCc2ncc(C=O)s2)c1. The summed E-state index contributed by atoms with van der Waals surface area (Å²) in [5.41, 5.74) is 0. The predicted molar refractivity (Wildman–Crippen MR) is 64.8 cm³/mol. The number of ether oxygens (including phenoxy) is 2. The highest BCUT2D eigenvalue weighted by molar-refractivity contribution is 7.13. The first-order valence-electron chi connectivity index (χ1n) is 4.98. The molecule has 0 amide bonds. The summed E-state index contributed by atoms with van der Waals surface area (Å²) in [6, 6.07) is 7.35. The fourth-order valence-corrected chi connectivity index (χ4v) is 1.93. The van der Waals surface area contributed by atoms with Crippen LogP contribution in [0.25, 0.3) is 0 Å². The number of hydrogen-bond donors (Lipinski definition) is 0. The van der Waals surface area contributed by atoms with Gasteiger partial charge in [0.2, 0.25) is 0 Å². The van der Waals surface area contributed by atoms with Crippen LogP contribution in [0.5, 0.6) is 11.5 Å². The van der Waals surface area contributed by atoms with E-state index in [1.165, 1.54) is 11.3 Å². The second-order valence-corrected chi connectivity index (χ2v) is 4.39. The molecule has 2 rings (SSSR count). The monoisotopic (exact) mass is 249 g/mol. The number of thiazole rings is 1. The highest BCUT2D eigenvalue weighted by Gasteiger charge is 2.02. The number of nitrogens with zero attached hydrogens (tertiary/aromatic N) is 1. The third-order valence-corrected chi connectivity index (χ3v) is 2.99. The third kappa shape index (κ3) is 3.04. The molecule has 17 heavy (non-hydrogen) atoms. The van der Waals surface area contributed by atoms with Crippen molar-refractivity contribution in [2.24, 2.45) is 0 Å². The van der Waals surface area contributed by atoms with E-state index in [1.54, 1.807) is 19.4 Å². The van der Waals surface area contributed by atoms with Crippen LogP contribution in [-0.4, -0.2) is 18.4 Å². The number of aromatic nitrogens is 1. The number of rotatable bonds is 5. The van der Waals surface area contributed by atoms with Crippen molar-refractivity contribution in [3.63, 3.8) is 0 Å². The maximum atomic E-state index is 10.5. The van der Waals surface area contributed by atoms with Gasteiger partial charge >= 0.3 is 0 Å². The second-order valence-electron chi connectivity index (χ2n) is 3.24. The number of hydrogen-bond acceptors (Lipinski definition) is 5. The van der Waals surface area contributed by atoms with Gasteiger partial charge in [0.25, 0.3) is 0 Å². The molecule has 0 radical (unpaired) electrons. The zero-order valence-electron chi connectivity index (χ0n) is 9.25. The summed E-state index contributed by atoms with van der Waals surface area (Å²) in [5.74, 6) is 1.46. The fourth-order valence-electron chi connectivity index (χ4n) is 1.28. The molecule has 0 aliphatic heterocycles. The molecule has 0 unspecified atom stereocenters. The van der Waals surface area contributed by atoms with Crippen LogP contribution in [0.4, 0.5) is 0 Å². The maximum absolute atomic E-state index is 10.5. The van der Waals surface area contributed by atoms with Crippen molar-refractivity contribution in [2.45, 2.75) is 6.61 Å². The topological polar surface area (TPSA) is 48.4 Å². The summed E-state index contributed by atoms with van der Waals surface area (Å²) in [4.78, 5) is 15.2. The van der Waals surface area contributed by atoms with E-state index < -0.39 is 0 Å². The molecular formula is C12H11NO3S. The number of carbonyl (C=O) groups is 1. The Labute approximate surface area is 103 Å². The zero-order valence-corrected chi connectivity index (χ0v) is 10.1. The lowest BCUT2D eigenvalue weighted by molar-refractivity contribution is 0.112. The summed E-state index contributed by atoms with van der Waals surface area (Å²) in [5, 5.41) is 0.773. The van der Waals surface area contributed by atoms with Gasteiger partial charge in [0.1, 0.15) is 23.1 Å². The van der Waals surface area contributed by atoms with E-state index in [2.05, 4.69) is 4.98 Å². The van der Waals surface area contributed by atoms with E-state index >= 15 is 0 Å². The Balaban J connectivity index is 1.99. The highest BCUT2D eigenvalue weighted by atomic mass is 32.1. The van der Waals surface area contributed by atoms with Crippen LogP contribution in [0.2, 0.25) is 0 Å². The standard InChI is InChI=1S/C12H11NO3S/c1-15-9-3-2-4-10(5-9)16-8-12-13-6-11(7-14)17-12/h2-7H,8H2,1H3. The molecule has 88 valence electrons. The van der Waals surface area contributed by atoms with Crippen LogP contribution < -0.4 is 9.47 Å². The van der Waals surface area contributed by atoms with E-state index in [0.29, 0.717) is 17.2 Å². The minimum absolute atomic E-state index is 0.353. The van der Waals surface area contributed by atoms with Crippen molar-refractivity contribution < 1.29 is 14.3 Å². The van der Waals surface area contributed by atoms with Crippen LogP contribution in [0.1, 0.15) is 14.7 Å². The summed E-state index contributed by atoms with van der Waals surface area (Å²) in [6.45, 7) is 0.353. The Kier molecular flexibility index (Phi) is 3.72. The first-order chi connectivity index (χ1) is 8.31. The molecule has 0 saturated heterocycles. The molecule has 0 aliphatic carbocycles. The first-order valence-corrected chi connectivity index (χ1v) is 5.80. The number of methoxy groups -OCH3 is 1. The molecule has 1 aromatic heterocycles. The van der Waals surface area contributed by atoms with Crippen molar-refractivity contribution in [3.8, 4) is 11.5 Å². The van der Waals surface area contributed by atoms with Crippen molar-refractivity contribution in [1.82, 2.24) is 4.98 Å². The molecule has 0 fully saturated rings. The maximum Gasteiger partial charge on any atom is 0.161 e. The number of aldehydes is 1. The van der Waals surface area contributed by atoms with Gasteiger partial charge in [-0.05, 0) is 12.1 Å². The van der Waals surface area contributed by atoms with Gasteiger partial charge in [0.05, 0.1) is 12.0 Å². The van der Waals surface area contributed by atoms with Gasteiger partial charge in [-0.15, -0.1) is 11.3 Å². The fraction of sp³-hybridized carbons (Fsp3) is 0.167. The molecule has 0 aliphatic rings. The van der Waals surface area contributed by atoms with Crippen LogP contribution in [0.3, 0.4) is 0 Å². The van der Waals surface area contributed by atoms with Crippen LogP contribution in [0, 0.1) is 0 Å². The Morgan fingerprint density at radius 1 is 1.41 bits per heavy atom. The summed E-state index contributed by atoms with van der Waals surface area (Å²) < 4.78 is 10.6. The van der Waals surface area contributed by atoms with E-state index in [-0.39, 0.29) is 0 Å². The normalized spacial score (nSPS) is 9.94. The van der Waals surface area contributed by atoms with Crippen LogP contribution in [0.15, 0.2) is 30.5 Å². The summed E-state index contributed by atoms with van der Waals surface area (Å²) >= 11 is 1.33. The molecule has 5 heteroatoms. The molecule has 0 N–H and O–H groups in total. The van der Waals surface area contributed by atoms with Crippen molar-refractivity contribution in [2.75, 3.05) is 7.11 Å². The number of carbonyl (C=O) groups excluding carboxylic acids is 1. The molecule has 1 aromatic carbocycles. The predicted octanol–water partition coefficient (Wildman–Crippen LogP) is 2.54. The quantitative estimate of drug-likeness (QED) is 0.764. The van der Waals surface area contributed by atoms with E-state index in [1.807, 2.05) is 18.2 Å². The Morgan fingerprint density at radius 3 is 2.94 bits per heavy atom. The first kappa shape index (κ1) is 11.6. The minimum atomic E-state index is 0.353. The summed E-state index contributed by atoms with van der Waals surface area (Å²) in [7, 11) is 1.61. The van der Waals surface area contributed by atoms with Gasteiger partial charge in [-0.3, -0.25) is 4.79 Å². The molecule has 0 bridgehead atoms. The molecule has 4 nitrogen and oxygen atoms in total. The van der Waals surface area contributed by atoms with Crippen LogP contribution >= 0.6 is 11.3 Å². The Morgan fingerprint density at radius 2 is 2.24 bits per heavy atom. The lowest BCUT2D eigenvalue weighted by Crippen LogP contribution is -1.94. The third-order valence-electron chi connectivity index (χ3n) is 2.09. The lowest BCUT2D eigenvalue weighted by atomic mass is 10.3. The van der Waals surface area contributed by atoms with Gasteiger partial charge in [0, 0.05) is 12.3 Å². The van der Waals surface area contributed by atoms with Crippen molar-refractivity contribution in [3.05, 3.63) is 40.3 Å². The van der Waals surface area contributed by atoms with Gasteiger partial charge in [-0.2, -0.15) is 0 Å². The van der Waals surface area contributed by atoms with Gasteiger partial charge in [-0.1, -0.05) is 6.07 Å². The van der Waals surface area contributed by atoms with Crippen molar-refractivity contribution >= 4 is 17.6 Å². The summed E-state index contributed by atoms with van der Waals surface area (Å²) in [6.07, 6.45) is 2.33. The second kappa shape index (κ2) is 5.45. The molecule has 0 spiro atoms. The molecule has 0 saturated carbocycles. The van der Waals surface area contributed by atoms with E-state index in [4.69, 9.17) is 9.47 Å². The largest absolute Gasteiger partial charge is 0.497 e. The van der Waals surface area contributed by atoms with E-state index in [0.717, 1.165) is 17.0 Å². The van der Waals surface area contributed by atoms with Crippen molar-refractivity contribution in [1.29, 1.82) is 0 Å². The minimum Gasteiger partial charge on any atom is -0.497 e. The molecule has 0 atom stereocenters. The van der Waals surface area contributed by atoms with Crippen LogP contribution in [-0.2, 0) is 6.61 Å². The zero-order chi connectivity index (χ0) is 12.1. The Bertz CT molecular complexity index is 510. The number of benzene rings is 1. The molecule has 1 heterocycles. The van der Waals surface area contributed by atoms with Gasteiger partial charge in [-0.25, -0.2) is 4.98 Å². The molecule has 2 aromatic rings. The average molecular weight is 249 g/mol.